The van der Waals surface area contributed by atoms with Crippen molar-refractivity contribution in [3.8, 4) is 0 Å². The fraction of sp³-hybridized carbons (Fsp3) is 0.909. The SMILES string of the molecule is CC1CCC(C(=O)N2CCCC2CN)O1. The second kappa shape index (κ2) is 4.49. The molecule has 2 rings (SSSR count). The van der Waals surface area contributed by atoms with E-state index in [4.69, 9.17) is 10.5 Å². The average Bonchev–Trinajstić information content (AvgIpc) is 2.84. The van der Waals surface area contributed by atoms with Gasteiger partial charge in [0.15, 0.2) is 0 Å². The van der Waals surface area contributed by atoms with E-state index in [0.717, 1.165) is 32.2 Å². The van der Waals surface area contributed by atoms with Crippen molar-refractivity contribution in [3.05, 3.63) is 0 Å². The molecule has 4 heteroatoms. The first-order valence-electron chi connectivity index (χ1n) is 5.88. The van der Waals surface area contributed by atoms with Crippen LogP contribution in [0.1, 0.15) is 32.6 Å². The maximum atomic E-state index is 12.1. The number of ether oxygens (including phenoxy) is 1. The van der Waals surface area contributed by atoms with Gasteiger partial charge in [-0.3, -0.25) is 4.79 Å². The van der Waals surface area contributed by atoms with Crippen LogP contribution in [-0.2, 0) is 9.53 Å². The molecular formula is C11H20N2O2. The lowest BCUT2D eigenvalue weighted by atomic mass is 10.1. The molecule has 0 spiro atoms. The largest absolute Gasteiger partial charge is 0.365 e. The highest BCUT2D eigenvalue weighted by Crippen LogP contribution is 2.24. The van der Waals surface area contributed by atoms with Crippen LogP contribution < -0.4 is 5.73 Å². The standard InChI is InChI=1S/C11H20N2O2/c1-8-4-5-10(15-8)11(14)13-6-2-3-9(13)7-12/h8-10H,2-7,12H2,1H3. The van der Waals surface area contributed by atoms with Crippen LogP contribution in [0.15, 0.2) is 0 Å². The van der Waals surface area contributed by atoms with Crippen molar-refractivity contribution in [2.45, 2.75) is 50.9 Å². The molecule has 2 saturated heterocycles. The van der Waals surface area contributed by atoms with Crippen LogP contribution in [0.3, 0.4) is 0 Å². The first kappa shape index (κ1) is 10.9. The molecule has 0 aromatic heterocycles. The summed E-state index contributed by atoms with van der Waals surface area (Å²) in [6.07, 6.45) is 4.02. The molecular weight excluding hydrogens is 192 g/mol. The van der Waals surface area contributed by atoms with Gasteiger partial charge in [-0.2, -0.15) is 0 Å². The van der Waals surface area contributed by atoms with Crippen molar-refractivity contribution < 1.29 is 9.53 Å². The van der Waals surface area contributed by atoms with E-state index in [9.17, 15) is 4.79 Å². The van der Waals surface area contributed by atoms with Gasteiger partial charge in [-0.05, 0) is 32.6 Å². The average molecular weight is 212 g/mol. The van der Waals surface area contributed by atoms with E-state index in [0.29, 0.717) is 6.54 Å². The molecule has 3 atom stereocenters. The predicted octanol–water partition coefficient (Wildman–Crippen LogP) is 0.504. The van der Waals surface area contributed by atoms with Crippen LogP contribution in [0, 0.1) is 0 Å². The predicted molar refractivity (Wildman–Crippen MR) is 57.4 cm³/mol. The number of rotatable bonds is 2. The molecule has 15 heavy (non-hydrogen) atoms. The molecule has 2 aliphatic heterocycles. The Hall–Kier alpha value is -0.610. The van der Waals surface area contributed by atoms with Gasteiger partial charge in [0.2, 0.25) is 0 Å². The maximum Gasteiger partial charge on any atom is 0.252 e. The Labute approximate surface area is 90.8 Å². The molecule has 1 amide bonds. The van der Waals surface area contributed by atoms with Crippen molar-refractivity contribution in [1.29, 1.82) is 0 Å². The first-order valence-corrected chi connectivity index (χ1v) is 5.88. The summed E-state index contributed by atoms with van der Waals surface area (Å²) in [5.41, 5.74) is 5.65. The quantitative estimate of drug-likeness (QED) is 0.725. The number of carbonyl (C=O) groups is 1. The fourth-order valence-electron chi connectivity index (χ4n) is 2.54. The van der Waals surface area contributed by atoms with Crippen molar-refractivity contribution in [2.24, 2.45) is 5.73 Å². The van der Waals surface area contributed by atoms with Crippen molar-refractivity contribution in [2.75, 3.05) is 13.1 Å². The van der Waals surface area contributed by atoms with E-state index in [1.165, 1.54) is 0 Å². The van der Waals surface area contributed by atoms with Gasteiger partial charge in [0.1, 0.15) is 6.10 Å². The van der Waals surface area contributed by atoms with E-state index in [1.54, 1.807) is 0 Å². The number of hydrogen-bond acceptors (Lipinski definition) is 3. The van der Waals surface area contributed by atoms with Gasteiger partial charge in [-0.25, -0.2) is 0 Å². The van der Waals surface area contributed by atoms with Gasteiger partial charge in [-0.15, -0.1) is 0 Å². The third kappa shape index (κ3) is 2.16. The molecule has 2 heterocycles. The van der Waals surface area contributed by atoms with E-state index in [-0.39, 0.29) is 24.2 Å². The summed E-state index contributed by atoms with van der Waals surface area (Å²) >= 11 is 0. The van der Waals surface area contributed by atoms with Crippen LogP contribution in [0.2, 0.25) is 0 Å². The van der Waals surface area contributed by atoms with Gasteiger partial charge < -0.3 is 15.4 Å². The summed E-state index contributed by atoms with van der Waals surface area (Å²) in [4.78, 5) is 14.0. The summed E-state index contributed by atoms with van der Waals surface area (Å²) in [6, 6.07) is 0.247. The molecule has 0 saturated carbocycles. The minimum Gasteiger partial charge on any atom is -0.365 e. The molecule has 0 aromatic carbocycles. The molecule has 86 valence electrons. The van der Waals surface area contributed by atoms with Crippen molar-refractivity contribution in [3.63, 3.8) is 0 Å². The fourth-order valence-corrected chi connectivity index (χ4v) is 2.54. The minimum atomic E-state index is -0.202. The molecule has 0 radical (unpaired) electrons. The van der Waals surface area contributed by atoms with Crippen LogP contribution in [0.5, 0.6) is 0 Å². The highest BCUT2D eigenvalue weighted by Gasteiger charge is 2.36. The number of nitrogens with zero attached hydrogens (tertiary/aromatic N) is 1. The Morgan fingerprint density at radius 1 is 1.47 bits per heavy atom. The van der Waals surface area contributed by atoms with Crippen LogP contribution >= 0.6 is 0 Å². The third-order valence-electron chi connectivity index (χ3n) is 3.44. The summed E-state index contributed by atoms with van der Waals surface area (Å²) in [5.74, 6) is 0.160. The monoisotopic (exact) mass is 212 g/mol. The topological polar surface area (TPSA) is 55.6 Å². The smallest absolute Gasteiger partial charge is 0.252 e. The Bertz CT molecular complexity index is 245. The Morgan fingerprint density at radius 2 is 2.27 bits per heavy atom. The van der Waals surface area contributed by atoms with Crippen molar-refractivity contribution in [1.82, 2.24) is 4.90 Å². The highest BCUT2D eigenvalue weighted by atomic mass is 16.5. The minimum absolute atomic E-state index is 0.160. The van der Waals surface area contributed by atoms with Crippen LogP contribution in [-0.4, -0.2) is 42.1 Å². The van der Waals surface area contributed by atoms with E-state index in [1.807, 2.05) is 11.8 Å². The van der Waals surface area contributed by atoms with Crippen LogP contribution in [0.4, 0.5) is 0 Å². The third-order valence-corrected chi connectivity index (χ3v) is 3.44. The van der Waals surface area contributed by atoms with E-state index < -0.39 is 0 Å². The maximum absolute atomic E-state index is 12.1. The summed E-state index contributed by atoms with van der Waals surface area (Å²) in [7, 11) is 0. The van der Waals surface area contributed by atoms with E-state index >= 15 is 0 Å². The van der Waals surface area contributed by atoms with Gasteiger partial charge in [-0.1, -0.05) is 0 Å². The molecule has 2 fully saturated rings. The highest BCUT2D eigenvalue weighted by molar-refractivity contribution is 5.81. The molecule has 0 aliphatic carbocycles. The summed E-state index contributed by atoms with van der Waals surface area (Å²) in [5, 5.41) is 0. The number of likely N-dealkylation sites (tertiary alicyclic amines) is 1. The van der Waals surface area contributed by atoms with Gasteiger partial charge in [0, 0.05) is 19.1 Å². The lowest BCUT2D eigenvalue weighted by Crippen LogP contribution is -2.45. The number of amides is 1. The Morgan fingerprint density at radius 3 is 2.87 bits per heavy atom. The zero-order chi connectivity index (χ0) is 10.8. The molecule has 2 aliphatic rings. The lowest BCUT2D eigenvalue weighted by molar-refractivity contribution is -0.143. The molecule has 4 nitrogen and oxygen atoms in total. The zero-order valence-corrected chi connectivity index (χ0v) is 9.32. The summed E-state index contributed by atoms with van der Waals surface area (Å²) < 4.78 is 5.60. The number of hydrogen-bond donors (Lipinski definition) is 1. The first-order chi connectivity index (χ1) is 7.22. The molecule has 0 aromatic rings. The van der Waals surface area contributed by atoms with Crippen molar-refractivity contribution >= 4 is 5.91 Å². The number of nitrogens with two attached hydrogens (primary N) is 1. The Kier molecular flexibility index (Phi) is 3.26. The molecule has 0 bridgehead atoms. The Balaban J connectivity index is 1.95. The molecule has 2 N–H and O–H groups in total. The van der Waals surface area contributed by atoms with E-state index in [2.05, 4.69) is 0 Å². The zero-order valence-electron chi connectivity index (χ0n) is 9.32. The van der Waals surface area contributed by atoms with Gasteiger partial charge in [0.25, 0.3) is 5.91 Å². The summed E-state index contributed by atoms with van der Waals surface area (Å²) in [6.45, 7) is 3.46. The normalized spacial score (nSPS) is 36.1. The van der Waals surface area contributed by atoms with Gasteiger partial charge in [0.05, 0.1) is 6.10 Å². The molecule has 3 unspecified atom stereocenters. The number of carbonyl (C=O) groups excluding carboxylic acids is 1. The van der Waals surface area contributed by atoms with Gasteiger partial charge >= 0.3 is 0 Å². The second-order valence-electron chi connectivity index (χ2n) is 4.58. The second-order valence-corrected chi connectivity index (χ2v) is 4.58. The van der Waals surface area contributed by atoms with Crippen LogP contribution in [0.25, 0.3) is 0 Å². The lowest BCUT2D eigenvalue weighted by Gasteiger charge is -2.26.